The lowest BCUT2D eigenvalue weighted by molar-refractivity contribution is -0.136. The summed E-state index contributed by atoms with van der Waals surface area (Å²) in [7, 11) is 0. The molecule has 2 rings (SSSR count). The number of amides is 1. The van der Waals surface area contributed by atoms with Gasteiger partial charge in [-0.1, -0.05) is 12.8 Å². The van der Waals surface area contributed by atoms with Gasteiger partial charge in [0.15, 0.2) is 0 Å². The molecule has 4 heteroatoms. The van der Waals surface area contributed by atoms with Crippen molar-refractivity contribution in [3.05, 3.63) is 0 Å². The van der Waals surface area contributed by atoms with E-state index < -0.39 is 0 Å². The van der Waals surface area contributed by atoms with Crippen LogP contribution < -0.4 is 5.73 Å². The summed E-state index contributed by atoms with van der Waals surface area (Å²) in [6, 6.07) is 0. The Morgan fingerprint density at radius 1 is 1.26 bits per heavy atom. The van der Waals surface area contributed by atoms with Crippen molar-refractivity contribution in [2.45, 2.75) is 64.1 Å². The normalized spacial score (nSPS) is 30.1. The van der Waals surface area contributed by atoms with Gasteiger partial charge < -0.3 is 15.4 Å². The number of nitrogens with two attached hydrogens (primary N) is 1. The zero-order chi connectivity index (χ0) is 13.7. The summed E-state index contributed by atoms with van der Waals surface area (Å²) in [6.07, 6.45) is 8.35. The van der Waals surface area contributed by atoms with Crippen LogP contribution in [0.4, 0.5) is 0 Å². The lowest BCUT2D eigenvalue weighted by atomic mass is 9.98. The number of rotatable bonds is 4. The monoisotopic (exact) mass is 268 g/mol. The molecule has 0 aromatic carbocycles. The summed E-state index contributed by atoms with van der Waals surface area (Å²) in [6.45, 7) is 4.38. The van der Waals surface area contributed by atoms with Gasteiger partial charge in [0.25, 0.3) is 0 Å². The largest absolute Gasteiger partial charge is 0.375 e. The Balaban J connectivity index is 1.86. The van der Waals surface area contributed by atoms with Crippen molar-refractivity contribution in [2.24, 2.45) is 11.7 Å². The highest BCUT2D eigenvalue weighted by Crippen LogP contribution is 2.25. The number of likely N-dealkylation sites (tertiary alicyclic amines) is 1. The molecule has 1 amide bonds. The molecule has 2 aliphatic rings. The van der Waals surface area contributed by atoms with Gasteiger partial charge in [0, 0.05) is 19.6 Å². The minimum Gasteiger partial charge on any atom is -0.375 e. The predicted molar refractivity (Wildman–Crippen MR) is 75.8 cm³/mol. The fourth-order valence-electron chi connectivity index (χ4n) is 3.22. The fraction of sp³-hybridized carbons (Fsp3) is 0.933. The van der Waals surface area contributed by atoms with Crippen LogP contribution in [0.3, 0.4) is 0 Å². The van der Waals surface area contributed by atoms with Crippen molar-refractivity contribution in [1.82, 2.24) is 4.90 Å². The van der Waals surface area contributed by atoms with E-state index in [1.165, 1.54) is 12.8 Å². The average Bonchev–Trinajstić information content (AvgIpc) is 2.68. The van der Waals surface area contributed by atoms with E-state index in [0.29, 0.717) is 12.6 Å². The van der Waals surface area contributed by atoms with Crippen LogP contribution in [0, 0.1) is 5.92 Å². The molecule has 0 saturated carbocycles. The van der Waals surface area contributed by atoms with E-state index in [1.54, 1.807) is 0 Å². The first kappa shape index (κ1) is 14.8. The topological polar surface area (TPSA) is 55.6 Å². The SMILES string of the molecule is CC1CCC(CC(CN)C(=O)N2CCCCCC2)O1. The van der Waals surface area contributed by atoms with Crippen molar-refractivity contribution >= 4 is 5.91 Å². The van der Waals surface area contributed by atoms with Crippen molar-refractivity contribution in [2.75, 3.05) is 19.6 Å². The first-order chi connectivity index (χ1) is 9.20. The molecule has 3 atom stereocenters. The molecule has 0 aliphatic carbocycles. The predicted octanol–water partition coefficient (Wildman–Crippen LogP) is 1.92. The number of hydrogen-bond acceptors (Lipinski definition) is 3. The van der Waals surface area contributed by atoms with Crippen LogP contribution in [-0.4, -0.2) is 42.6 Å². The maximum Gasteiger partial charge on any atom is 0.227 e. The van der Waals surface area contributed by atoms with Crippen molar-refractivity contribution in [3.8, 4) is 0 Å². The lowest BCUT2D eigenvalue weighted by Crippen LogP contribution is -2.41. The van der Waals surface area contributed by atoms with Crippen molar-refractivity contribution in [3.63, 3.8) is 0 Å². The van der Waals surface area contributed by atoms with E-state index in [9.17, 15) is 4.79 Å². The smallest absolute Gasteiger partial charge is 0.227 e. The molecule has 2 heterocycles. The summed E-state index contributed by atoms with van der Waals surface area (Å²) in [5.74, 6) is 0.209. The Bertz CT molecular complexity index is 288. The van der Waals surface area contributed by atoms with Crippen LogP contribution in [0.5, 0.6) is 0 Å². The second kappa shape index (κ2) is 7.25. The molecular formula is C15H28N2O2. The Hall–Kier alpha value is -0.610. The summed E-state index contributed by atoms with van der Waals surface area (Å²) in [5, 5.41) is 0. The van der Waals surface area contributed by atoms with Crippen LogP contribution in [0.2, 0.25) is 0 Å². The molecule has 0 radical (unpaired) electrons. The quantitative estimate of drug-likeness (QED) is 0.847. The van der Waals surface area contributed by atoms with E-state index in [2.05, 4.69) is 6.92 Å². The highest BCUT2D eigenvalue weighted by molar-refractivity contribution is 5.79. The summed E-state index contributed by atoms with van der Waals surface area (Å²) < 4.78 is 5.83. The van der Waals surface area contributed by atoms with Crippen LogP contribution >= 0.6 is 0 Å². The maximum atomic E-state index is 12.5. The van der Waals surface area contributed by atoms with Gasteiger partial charge in [0.1, 0.15) is 0 Å². The zero-order valence-corrected chi connectivity index (χ0v) is 12.1. The number of nitrogens with zero attached hydrogens (tertiary/aromatic N) is 1. The van der Waals surface area contributed by atoms with Gasteiger partial charge in [-0.05, 0) is 39.0 Å². The molecule has 4 nitrogen and oxygen atoms in total. The van der Waals surface area contributed by atoms with Gasteiger partial charge in [-0.15, -0.1) is 0 Å². The lowest BCUT2D eigenvalue weighted by Gasteiger charge is -2.27. The highest BCUT2D eigenvalue weighted by Gasteiger charge is 2.30. The summed E-state index contributed by atoms with van der Waals surface area (Å²) in [5.41, 5.74) is 5.83. The molecule has 110 valence electrons. The fourth-order valence-corrected chi connectivity index (χ4v) is 3.22. The molecule has 0 bridgehead atoms. The maximum absolute atomic E-state index is 12.5. The average molecular weight is 268 g/mol. The van der Waals surface area contributed by atoms with Gasteiger partial charge in [0.05, 0.1) is 18.1 Å². The van der Waals surface area contributed by atoms with E-state index in [-0.39, 0.29) is 17.9 Å². The summed E-state index contributed by atoms with van der Waals surface area (Å²) in [4.78, 5) is 14.6. The minimum atomic E-state index is -0.0478. The number of ether oxygens (including phenoxy) is 1. The van der Waals surface area contributed by atoms with Crippen molar-refractivity contribution in [1.29, 1.82) is 0 Å². The third-order valence-electron chi connectivity index (χ3n) is 4.42. The van der Waals surface area contributed by atoms with Crippen LogP contribution in [0.15, 0.2) is 0 Å². The van der Waals surface area contributed by atoms with Gasteiger partial charge >= 0.3 is 0 Å². The molecule has 2 saturated heterocycles. The molecule has 3 unspecified atom stereocenters. The van der Waals surface area contributed by atoms with E-state index in [1.807, 2.05) is 4.90 Å². The van der Waals surface area contributed by atoms with E-state index in [0.717, 1.165) is 45.2 Å². The second-order valence-corrected chi connectivity index (χ2v) is 6.05. The Labute approximate surface area is 116 Å². The number of hydrogen-bond donors (Lipinski definition) is 1. The van der Waals surface area contributed by atoms with Crippen LogP contribution in [0.25, 0.3) is 0 Å². The standard InChI is InChI=1S/C15H28N2O2/c1-12-6-7-14(19-12)10-13(11-16)15(18)17-8-4-2-3-5-9-17/h12-14H,2-11,16H2,1H3. The molecule has 2 aliphatic heterocycles. The number of carbonyl (C=O) groups is 1. The van der Waals surface area contributed by atoms with Crippen LogP contribution in [0.1, 0.15) is 51.9 Å². The first-order valence-electron chi connectivity index (χ1n) is 7.85. The van der Waals surface area contributed by atoms with Crippen LogP contribution in [-0.2, 0) is 9.53 Å². The Morgan fingerprint density at radius 2 is 1.95 bits per heavy atom. The molecule has 2 fully saturated rings. The van der Waals surface area contributed by atoms with Crippen molar-refractivity contribution < 1.29 is 9.53 Å². The number of carbonyl (C=O) groups excluding carboxylic acids is 1. The third kappa shape index (κ3) is 4.18. The molecule has 0 aromatic heterocycles. The second-order valence-electron chi connectivity index (χ2n) is 6.05. The van der Waals surface area contributed by atoms with Gasteiger partial charge in [-0.3, -0.25) is 4.79 Å². The molecule has 0 spiro atoms. The Morgan fingerprint density at radius 3 is 2.47 bits per heavy atom. The first-order valence-corrected chi connectivity index (χ1v) is 7.85. The molecular weight excluding hydrogens is 240 g/mol. The van der Waals surface area contributed by atoms with Gasteiger partial charge in [0.2, 0.25) is 5.91 Å². The summed E-state index contributed by atoms with van der Waals surface area (Å²) >= 11 is 0. The Kier molecular flexibility index (Phi) is 5.64. The minimum absolute atomic E-state index is 0.0478. The van der Waals surface area contributed by atoms with E-state index in [4.69, 9.17) is 10.5 Å². The highest BCUT2D eigenvalue weighted by atomic mass is 16.5. The third-order valence-corrected chi connectivity index (χ3v) is 4.42. The van der Waals surface area contributed by atoms with Gasteiger partial charge in [-0.25, -0.2) is 0 Å². The van der Waals surface area contributed by atoms with E-state index >= 15 is 0 Å². The van der Waals surface area contributed by atoms with Gasteiger partial charge in [-0.2, -0.15) is 0 Å². The molecule has 19 heavy (non-hydrogen) atoms. The zero-order valence-electron chi connectivity index (χ0n) is 12.1. The molecule has 0 aromatic rings. The molecule has 2 N–H and O–H groups in total.